The molecule has 0 aromatic rings. The third-order valence-electron chi connectivity index (χ3n) is 2.67. The van der Waals surface area contributed by atoms with Crippen LogP contribution >= 0.6 is 0 Å². The van der Waals surface area contributed by atoms with Gasteiger partial charge in [0.25, 0.3) is 0 Å². The summed E-state index contributed by atoms with van der Waals surface area (Å²) in [6.07, 6.45) is 14.5. The first-order valence-corrected chi connectivity index (χ1v) is 4.00. The van der Waals surface area contributed by atoms with Crippen LogP contribution in [0.1, 0.15) is 0 Å². The van der Waals surface area contributed by atoms with Gasteiger partial charge in [0.05, 0.1) is 0 Å². The molecule has 0 aromatic heterocycles. The molecule has 0 N–H and O–H groups in total. The van der Waals surface area contributed by atoms with Gasteiger partial charge < -0.3 is 0 Å². The lowest BCUT2D eigenvalue weighted by Gasteiger charge is -2.24. The Labute approximate surface area is 63.0 Å². The molecule has 0 unspecified atom stereocenters. The van der Waals surface area contributed by atoms with Gasteiger partial charge in [-0.05, 0) is 0 Å². The van der Waals surface area contributed by atoms with Crippen LogP contribution < -0.4 is 0 Å². The zero-order valence-electron chi connectivity index (χ0n) is 5.77. The Hall–Kier alpha value is -0.520. The second kappa shape index (κ2) is 1.55. The monoisotopic (exact) mass is 130 g/mol. The third kappa shape index (κ3) is 0.570. The van der Waals surface area contributed by atoms with Gasteiger partial charge in [-0.25, -0.2) is 0 Å². The van der Waals surface area contributed by atoms with E-state index in [4.69, 9.17) is 0 Å². The van der Waals surface area contributed by atoms with Gasteiger partial charge >= 0.3 is 0 Å². The van der Waals surface area contributed by atoms with E-state index in [-0.39, 0.29) is 0 Å². The normalized spacial score (nSPS) is 54.4. The fourth-order valence-corrected chi connectivity index (χ4v) is 2.31. The second-order valence-corrected chi connectivity index (χ2v) is 3.46. The molecule has 0 heteroatoms. The highest BCUT2D eigenvalue weighted by molar-refractivity contribution is 5.33. The van der Waals surface area contributed by atoms with E-state index in [9.17, 15) is 0 Å². The molecule has 0 spiro atoms. The number of rotatable bonds is 0. The lowest BCUT2D eigenvalue weighted by molar-refractivity contribution is 0.357. The zero-order valence-corrected chi connectivity index (χ0v) is 5.77. The molecule has 0 atom stereocenters. The van der Waals surface area contributed by atoms with Gasteiger partial charge in [-0.3, -0.25) is 0 Å². The van der Waals surface area contributed by atoms with Crippen molar-refractivity contribution < 1.29 is 0 Å². The lowest BCUT2D eigenvalue weighted by Crippen LogP contribution is -2.41. The van der Waals surface area contributed by atoms with Crippen LogP contribution in [0.2, 0.25) is 0 Å². The summed E-state index contributed by atoms with van der Waals surface area (Å²) in [4.78, 5) is 0. The molecule has 0 saturated heterocycles. The average molecular weight is 130 g/mol. The molecule has 4 bridgehead atoms. The minimum Gasteiger partial charge on any atom is 0.151 e. The van der Waals surface area contributed by atoms with Gasteiger partial charge in [0, 0.05) is 0 Å². The van der Waals surface area contributed by atoms with E-state index in [0.29, 0.717) is 23.7 Å². The van der Waals surface area contributed by atoms with Crippen LogP contribution in [0.25, 0.3) is 0 Å². The van der Waals surface area contributed by atoms with Crippen molar-refractivity contribution in [3.8, 4) is 0 Å². The van der Waals surface area contributed by atoms with Crippen LogP contribution in [0, 0.1) is 62.2 Å². The maximum atomic E-state index is 2.42. The standard InChI is InChI=1S/C10H10/c1-7-2-9-4-8(1)5-10(3-7)6-9/h1-10H/q+4. The van der Waals surface area contributed by atoms with Crippen LogP contribution in [0.4, 0.5) is 0 Å². The van der Waals surface area contributed by atoms with E-state index in [1.54, 1.807) is 0 Å². The molecule has 0 amide bonds. The van der Waals surface area contributed by atoms with E-state index >= 15 is 0 Å². The SMILES string of the molecule is [CH]1C2[CH+]C3[CH]C([CH+]2)[CH+]C1[CH+]3. The molecular weight excluding hydrogens is 120 g/mol. The minimum atomic E-state index is 0.708. The van der Waals surface area contributed by atoms with Crippen molar-refractivity contribution in [2.24, 2.45) is 23.7 Å². The van der Waals surface area contributed by atoms with Crippen molar-refractivity contribution in [1.29, 1.82) is 0 Å². The van der Waals surface area contributed by atoms with Crippen molar-refractivity contribution in [2.45, 2.75) is 0 Å². The predicted octanol–water partition coefficient (Wildman–Crippen LogP) is 1.72. The Morgan fingerprint density at radius 3 is 1.20 bits per heavy atom. The Morgan fingerprint density at radius 2 is 0.900 bits per heavy atom. The molecule has 4 rings (SSSR count). The predicted molar refractivity (Wildman–Crippen MR) is 39.8 cm³/mol. The van der Waals surface area contributed by atoms with E-state index < -0.39 is 0 Å². The molecule has 2 radical (unpaired) electrons. The van der Waals surface area contributed by atoms with Crippen LogP contribution in [0.3, 0.4) is 0 Å². The number of hydrogen-bond donors (Lipinski definition) is 0. The average Bonchev–Trinajstić information content (AvgIpc) is 1.82. The Bertz CT molecular complexity index is 91.6. The summed E-state index contributed by atoms with van der Waals surface area (Å²) < 4.78 is 0. The first-order chi connectivity index (χ1) is 4.90. The van der Waals surface area contributed by atoms with Gasteiger partial charge in [0.2, 0.25) is 23.7 Å². The molecule has 4 aliphatic carbocycles. The molecule has 0 nitrogen and oxygen atoms in total. The zero-order chi connectivity index (χ0) is 6.55. The lowest BCUT2D eigenvalue weighted by atomic mass is 9.56. The molecule has 0 aromatic carbocycles. The van der Waals surface area contributed by atoms with Gasteiger partial charge in [-0.2, -0.15) is 0 Å². The second-order valence-electron chi connectivity index (χ2n) is 3.46. The van der Waals surface area contributed by atoms with Crippen LogP contribution in [-0.2, 0) is 0 Å². The summed E-state index contributed by atoms with van der Waals surface area (Å²) in [5.41, 5.74) is 0. The smallest absolute Gasteiger partial charge is 0.151 e. The summed E-state index contributed by atoms with van der Waals surface area (Å²) >= 11 is 0. The fourth-order valence-electron chi connectivity index (χ4n) is 2.31. The van der Waals surface area contributed by atoms with Crippen molar-refractivity contribution in [3.63, 3.8) is 0 Å². The quantitative estimate of drug-likeness (QED) is 0.438. The third-order valence-corrected chi connectivity index (χ3v) is 2.67. The van der Waals surface area contributed by atoms with Crippen molar-refractivity contribution in [3.05, 3.63) is 38.5 Å². The summed E-state index contributed by atoms with van der Waals surface area (Å²) in [5.74, 6) is 2.83. The van der Waals surface area contributed by atoms with Gasteiger partial charge in [0.1, 0.15) is 0 Å². The minimum absolute atomic E-state index is 0.708. The van der Waals surface area contributed by atoms with Gasteiger partial charge in [-0.15, -0.1) is 0 Å². The van der Waals surface area contributed by atoms with E-state index in [0.717, 1.165) is 0 Å². The van der Waals surface area contributed by atoms with Gasteiger partial charge in [-0.1, -0.05) is 0 Å². The molecule has 4 fully saturated rings. The Morgan fingerprint density at radius 1 is 0.600 bits per heavy atom. The van der Waals surface area contributed by atoms with E-state index in [1.165, 1.54) is 0 Å². The van der Waals surface area contributed by atoms with Crippen molar-refractivity contribution in [2.75, 3.05) is 0 Å². The van der Waals surface area contributed by atoms with Crippen molar-refractivity contribution in [1.82, 2.24) is 0 Å². The maximum absolute atomic E-state index is 2.42. The molecule has 4 aliphatic rings. The highest BCUT2D eigenvalue weighted by Gasteiger charge is 2.66. The fraction of sp³-hybridized carbons (Fsp3) is 0.400. The van der Waals surface area contributed by atoms with E-state index in [1.807, 2.05) is 0 Å². The first kappa shape index (κ1) is 5.17. The Kier molecular flexibility index (Phi) is 0.803. The largest absolute Gasteiger partial charge is 0.249 e. The highest BCUT2D eigenvalue weighted by atomic mass is 14.5. The summed E-state index contributed by atoms with van der Waals surface area (Å²) in [6.45, 7) is 0. The topological polar surface area (TPSA) is 0 Å². The summed E-state index contributed by atoms with van der Waals surface area (Å²) in [6, 6.07) is 0. The maximum Gasteiger partial charge on any atom is 0.249 e. The number of hydrogen-bond acceptors (Lipinski definition) is 0. The summed E-state index contributed by atoms with van der Waals surface area (Å²) in [7, 11) is 0. The van der Waals surface area contributed by atoms with Crippen LogP contribution in [0.15, 0.2) is 0 Å². The first-order valence-electron chi connectivity index (χ1n) is 4.00. The molecule has 0 heterocycles. The molecular formula is C10H10+4. The van der Waals surface area contributed by atoms with Crippen LogP contribution in [-0.4, -0.2) is 0 Å². The van der Waals surface area contributed by atoms with Crippen molar-refractivity contribution >= 4 is 0 Å². The van der Waals surface area contributed by atoms with Gasteiger partial charge in [0.15, 0.2) is 38.5 Å². The molecule has 4 saturated carbocycles. The summed E-state index contributed by atoms with van der Waals surface area (Å²) in [5, 5.41) is 0. The highest BCUT2D eigenvalue weighted by Crippen LogP contribution is 2.50. The molecule has 0 aliphatic heterocycles. The molecule has 46 valence electrons. The van der Waals surface area contributed by atoms with E-state index in [2.05, 4.69) is 38.5 Å². The Balaban J connectivity index is 1.90. The molecule has 10 heavy (non-hydrogen) atoms. The van der Waals surface area contributed by atoms with Crippen LogP contribution in [0.5, 0.6) is 0 Å².